The number of benzene rings is 1. The van der Waals surface area contributed by atoms with Crippen molar-refractivity contribution in [2.75, 3.05) is 5.32 Å². The van der Waals surface area contributed by atoms with Gasteiger partial charge in [0, 0.05) is 17.2 Å². The van der Waals surface area contributed by atoms with E-state index in [1.54, 1.807) is 0 Å². The van der Waals surface area contributed by atoms with Crippen LogP contribution in [0.2, 0.25) is 0 Å². The number of aromatic nitrogens is 2. The molecule has 0 aliphatic rings. The Morgan fingerprint density at radius 3 is 2.55 bits per heavy atom. The highest BCUT2D eigenvalue weighted by Crippen LogP contribution is 2.24. The van der Waals surface area contributed by atoms with Crippen molar-refractivity contribution in [1.82, 2.24) is 9.97 Å². The van der Waals surface area contributed by atoms with Gasteiger partial charge in [0.05, 0.1) is 0 Å². The molecule has 1 aromatic heterocycles. The first kappa shape index (κ1) is 15.0. The molecule has 4 heteroatoms. The lowest BCUT2D eigenvalue weighted by Gasteiger charge is -2.18. The second-order valence-electron chi connectivity index (χ2n) is 5.83. The summed E-state index contributed by atoms with van der Waals surface area (Å²) in [5.41, 5.74) is 2.28. The highest BCUT2D eigenvalue weighted by atomic mass is 79.9. The highest BCUT2D eigenvalue weighted by Gasteiger charge is 2.18. The SMILES string of the molecule is CCc1cccc(Nc2cc(Br)nc(C(C)(C)C)n2)c1. The second kappa shape index (κ2) is 5.92. The zero-order valence-electron chi connectivity index (χ0n) is 12.4. The summed E-state index contributed by atoms with van der Waals surface area (Å²) in [6.45, 7) is 8.47. The number of hydrogen-bond acceptors (Lipinski definition) is 3. The maximum Gasteiger partial charge on any atom is 0.137 e. The van der Waals surface area contributed by atoms with E-state index in [1.165, 1.54) is 5.56 Å². The first-order valence-corrected chi connectivity index (χ1v) is 7.59. The zero-order chi connectivity index (χ0) is 14.8. The molecule has 106 valence electrons. The van der Waals surface area contributed by atoms with Gasteiger partial charge in [-0.15, -0.1) is 0 Å². The molecule has 0 amide bonds. The van der Waals surface area contributed by atoms with Crippen LogP contribution in [0.15, 0.2) is 34.9 Å². The smallest absolute Gasteiger partial charge is 0.137 e. The van der Waals surface area contributed by atoms with E-state index in [9.17, 15) is 0 Å². The molecule has 1 aromatic carbocycles. The average molecular weight is 334 g/mol. The van der Waals surface area contributed by atoms with Gasteiger partial charge in [-0.3, -0.25) is 0 Å². The molecule has 0 saturated carbocycles. The topological polar surface area (TPSA) is 37.8 Å². The van der Waals surface area contributed by atoms with Gasteiger partial charge < -0.3 is 5.32 Å². The molecule has 0 saturated heterocycles. The number of aryl methyl sites for hydroxylation is 1. The number of halogens is 1. The van der Waals surface area contributed by atoms with Gasteiger partial charge in [0.15, 0.2) is 0 Å². The van der Waals surface area contributed by atoms with Crippen LogP contribution in [0.1, 0.15) is 39.1 Å². The van der Waals surface area contributed by atoms with Crippen LogP contribution in [0.3, 0.4) is 0 Å². The van der Waals surface area contributed by atoms with Crippen molar-refractivity contribution in [2.24, 2.45) is 0 Å². The number of nitrogens with one attached hydrogen (secondary N) is 1. The fourth-order valence-electron chi connectivity index (χ4n) is 1.83. The largest absolute Gasteiger partial charge is 0.340 e. The van der Waals surface area contributed by atoms with Gasteiger partial charge in [0.1, 0.15) is 16.2 Å². The number of anilines is 2. The minimum Gasteiger partial charge on any atom is -0.340 e. The summed E-state index contributed by atoms with van der Waals surface area (Å²) in [4.78, 5) is 9.05. The van der Waals surface area contributed by atoms with Gasteiger partial charge in [0.2, 0.25) is 0 Å². The molecule has 1 heterocycles. The Balaban J connectivity index is 2.31. The monoisotopic (exact) mass is 333 g/mol. The Hall–Kier alpha value is -1.42. The molecule has 3 nitrogen and oxygen atoms in total. The summed E-state index contributed by atoms with van der Waals surface area (Å²) in [6.07, 6.45) is 1.02. The third-order valence-electron chi connectivity index (χ3n) is 2.97. The summed E-state index contributed by atoms with van der Waals surface area (Å²) in [6, 6.07) is 10.3. The lowest BCUT2D eigenvalue weighted by molar-refractivity contribution is 0.544. The van der Waals surface area contributed by atoms with Crippen molar-refractivity contribution >= 4 is 27.4 Å². The third-order valence-corrected chi connectivity index (χ3v) is 3.38. The van der Waals surface area contributed by atoms with Crippen LogP contribution in [-0.4, -0.2) is 9.97 Å². The van der Waals surface area contributed by atoms with Crippen molar-refractivity contribution in [3.05, 3.63) is 46.3 Å². The Kier molecular flexibility index (Phi) is 4.43. The van der Waals surface area contributed by atoms with Gasteiger partial charge >= 0.3 is 0 Å². The highest BCUT2D eigenvalue weighted by molar-refractivity contribution is 9.10. The van der Waals surface area contributed by atoms with Gasteiger partial charge in [0.25, 0.3) is 0 Å². The first-order valence-electron chi connectivity index (χ1n) is 6.79. The van der Waals surface area contributed by atoms with E-state index in [-0.39, 0.29) is 5.41 Å². The maximum absolute atomic E-state index is 4.60. The van der Waals surface area contributed by atoms with E-state index in [0.29, 0.717) is 0 Å². The van der Waals surface area contributed by atoms with Crippen LogP contribution < -0.4 is 5.32 Å². The lowest BCUT2D eigenvalue weighted by atomic mass is 9.96. The predicted molar refractivity (Wildman–Crippen MR) is 87.5 cm³/mol. The molecule has 20 heavy (non-hydrogen) atoms. The molecule has 0 atom stereocenters. The average Bonchev–Trinajstić information content (AvgIpc) is 2.37. The van der Waals surface area contributed by atoms with Crippen LogP contribution in [0.25, 0.3) is 0 Å². The van der Waals surface area contributed by atoms with E-state index >= 15 is 0 Å². The summed E-state index contributed by atoms with van der Waals surface area (Å²) in [5, 5.41) is 3.35. The molecule has 0 fully saturated rings. The van der Waals surface area contributed by atoms with Crippen LogP contribution in [0.4, 0.5) is 11.5 Å². The quantitative estimate of drug-likeness (QED) is 0.816. The molecule has 0 aliphatic heterocycles. The van der Waals surface area contributed by atoms with Gasteiger partial charge in [-0.2, -0.15) is 0 Å². The van der Waals surface area contributed by atoms with Crippen molar-refractivity contribution in [3.8, 4) is 0 Å². The summed E-state index contributed by atoms with van der Waals surface area (Å²) in [7, 11) is 0. The summed E-state index contributed by atoms with van der Waals surface area (Å²) >= 11 is 3.46. The standard InChI is InChI=1S/C16H20BrN3/c1-5-11-7-6-8-12(9-11)18-14-10-13(17)19-15(20-14)16(2,3)4/h6-10H,5H2,1-4H3,(H,18,19,20). The second-order valence-corrected chi connectivity index (χ2v) is 6.64. The fourth-order valence-corrected chi connectivity index (χ4v) is 2.22. The zero-order valence-corrected chi connectivity index (χ0v) is 14.0. The number of rotatable bonds is 3. The van der Waals surface area contributed by atoms with Crippen molar-refractivity contribution in [2.45, 2.75) is 39.5 Å². The van der Waals surface area contributed by atoms with Gasteiger partial charge in [-0.25, -0.2) is 9.97 Å². The Morgan fingerprint density at radius 1 is 1.15 bits per heavy atom. The number of nitrogens with zero attached hydrogens (tertiary/aromatic N) is 2. The Bertz CT molecular complexity index is 603. The van der Waals surface area contributed by atoms with Crippen LogP contribution >= 0.6 is 15.9 Å². The molecule has 0 spiro atoms. The van der Waals surface area contributed by atoms with Gasteiger partial charge in [-0.1, -0.05) is 39.8 Å². The van der Waals surface area contributed by atoms with E-state index < -0.39 is 0 Å². The molecule has 2 aromatic rings. The van der Waals surface area contributed by atoms with E-state index in [0.717, 1.165) is 28.4 Å². The molecule has 0 bridgehead atoms. The maximum atomic E-state index is 4.60. The predicted octanol–water partition coefficient (Wildman–Crippen LogP) is 4.84. The number of hydrogen-bond donors (Lipinski definition) is 1. The van der Waals surface area contributed by atoms with Crippen molar-refractivity contribution in [1.29, 1.82) is 0 Å². The third kappa shape index (κ3) is 3.79. The normalized spacial score (nSPS) is 11.4. The van der Waals surface area contributed by atoms with Crippen molar-refractivity contribution in [3.63, 3.8) is 0 Å². The minimum absolute atomic E-state index is 0.0779. The summed E-state index contributed by atoms with van der Waals surface area (Å²) in [5.74, 6) is 1.63. The molecule has 0 radical (unpaired) electrons. The molecular formula is C16H20BrN3. The lowest BCUT2D eigenvalue weighted by Crippen LogP contribution is -2.16. The first-order chi connectivity index (χ1) is 9.38. The van der Waals surface area contributed by atoms with Crippen LogP contribution in [0, 0.1) is 0 Å². The van der Waals surface area contributed by atoms with Crippen molar-refractivity contribution < 1.29 is 0 Å². The molecule has 0 unspecified atom stereocenters. The molecule has 2 rings (SSSR count). The van der Waals surface area contributed by atoms with E-state index in [4.69, 9.17) is 0 Å². The van der Waals surface area contributed by atoms with E-state index in [2.05, 4.69) is 77.1 Å². The van der Waals surface area contributed by atoms with Crippen LogP contribution in [0.5, 0.6) is 0 Å². The van der Waals surface area contributed by atoms with Gasteiger partial charge in [-0.05, 0) is 40.0 Å². The fraction of sp³-hybridized carbons (Fsp3) is 0.375. The molecule has 0 aliphatic carbocycles. The Morgan fingerprint density at radius 2 is 1.90 bits per heavy atom. The minimum atomic E-state index is -0.0779. The Labute approximate surface area is 129 Å². The molecule has 1 N–H and O–H groups in total. The summed E-state index contributed by atoms with van der Waals surface area (Å²) < 4.78 is 0.798. The van der Waals surface area contributed by atoms with Crippen LogP contribution in [-0.2, 0) is 11.8 Å². The van der Waals surface area contributed by atoms with E-state index in [1.807, 2.05) is 12.1 Å². The molecular weight excluding hydrogens is 314 g/mol.